The van der Waals surface area contributed by atoms with E-state index in [2.05, 4.69) is 4.98 Å². The van der Waals surface area contributed by atoms with Crippen LogP contribution in [0.1, 0.15) is 0 Å². The average molecular weight is 136 g/mol. The fraction of sp³-hybridized carbons (Fsp3) is 0. The molecule has 4 heteroatoms. The summed E-state index contributed by atoms with van der Waals surface area (Å²) in [6, 6.07) is 1.38. The van der Waals surface area contributed by atoms with E-state index in [0.29, 0.717) is 5.84 Å². The first-order valence-electron chi connectivity index (χ1n) is 2.79. The van der Waals surface area contributed by atoms with E-state index in [0.717, 1.165) is 0 Å². The van der Waals surface area contributed by atoms with E-state index in [1.165, 1.54) is 12.3 Å². The van der Waals surface area contributed by atoms with Gasteiger partial charge in [-0.2, -0.15) is 4.98 Å². The van der Waals surface area contributed by atoms with Gasteiger partial charge in [-0.05, 0) is 0 Å². The zero-order valence-corrected chi connectivity index (χ0v) is 5.02. The van der Waals surface area contributed by atoms with E-state index in [9.17, 15) is 4.79 Å². The Labute approximate surface area is 55.7 Å². The number of hydrogen-bond donors (Lipinski definition) is 0. The summed E-state index contributed by atoms with van der Waals surface area (Å²) in [6.45, 7) is 0. The monoisotopic (exact) mass is 136 g/mol. The molecule has 50 valence electrons. The van der Waals surface area contributed by atoms with Crippen LogP contribution in [-0.2, 0) is 0 Å². The lowest BCUT2D eigenvalue weighted by molar-refractivity contribution is 0.590. The normalized spacial score (nSPS) is 10.4. The Hall–Kier alpha value is -1.58. The Kier molecular flexibility index (Phi) is 0.887. The Bertz CT molecular complexity index is 401. The van der Waals surface area contributed by atoms with Crippen molar-refractivity contribution >= 4 is 5.84 Å². The summed E-state index contributed by atoms with van der Waals surface area (Å²) in [5, 5.41) is 0. The molecule has 0 radical (unpaired) electrons. The largest absolute Gasteiger partial charge is 0.432 e. The van der Waals surface area contributed by atoms with Crippen LogP contribution in [-0.4, -0.2) is 9.38 Å². The molecule has 0 aliphatic rings. The molecule has 2 rings (SSSR count). The topological polar surface area (TPSA) is 47.5 Å². The van der Waals surface area contributed by atoms with Gasteiger partial charge in [-0.1, -0.05) is 0 Å². The molecule has 0 fully saturated rings. The van der Waals surface area contributed by atoms with Crippen molar-refractivity contribution in [1.82, 2.24) is 9.38 Å². The van der Waals surface area contributed by atoms with Gasteiger partial charge in [0.05, 0.1) is 0 Å². The van der Waals surface area contributed by atoms with Gasteiger partial charge < -0.3 is 4.42 Å². The van der Waals surface area contributed by atoms with Gasteiger partial charge in [-0.3, -0.25) is 9.20 Å². The van der Waals surface area contributed by atoms with Crippen LogP contribution in [0.15, 0.2) is 33.9 Å². The van der Waals surface area contributed by atoms with E-state index in [4.69, 9.17) is 4.42 Å². The second kappa shape index (κ2) is 1.70. The first-order valence-corrected chi connectivity index (χ1v) is 2.79. The minimum absolute atomic E-state index is 0.282. The average Bonchev–Trinajstić information content (AvgIpc) is 2.33. The molecule has 0 saturated heterocycles. The third-order valence-electron chi connectivity index (χ3n) is 1.20. The van der Waals surface area contributed by atoms with Crippen LogP contribution < -0.4 is 5.56 Å². The molecule has 10 heavy (non-hydrogen) atoms. The number of fused-ring (bicyclic) bond motifs is 1. The van der Waals surface area contributed by atoms with Crippen LogP contribution in [0.2, 0.25) is 0 Å². The number of hydrogen-bond acceptors (Lipinski definition) is 3. The highest BCUT2D eigenvalue weighted by Gasteiger charge is 1.93. The van der Waals surface area contributed by atoms with Gasteiger partial charge in [-0.25, -0.2) is 0 Å². The van der Waals surface area contributed by atoms with Gasteiger partial charge >= 0.3 is 5.84 Å². The van der Waals surface area contributed by atoms with Gasteiger partial charge in [0.15, 0.2) is 0 Å². The van der Waals surface area contributed by atoms with Crippen molar-refractivity contribution in [3.8, 4) is 0 Å². The summed E-state index contributed by atoms with van der Waals surface area (Å²) >= 11 is 0. The molecule has 2 aromatic heterocycles. The van der Waals surface area contributed by atoms with Crippen LogP contribution in [0.5, 0.6) is 0 Å². The minimum atomic E-state index is -0.282. The van der Waals surface area contributed by atoms with Crippen LogP contribution in [0, 0.1) is 0 Å². The molecular formula is C6H4N2O2. The summed E-state index contributed by atoms with van der Waals surface area (Å²) in [5.74, 6) is 0.326. The van der Waals surface area contributed by atoms with E-state index < -0.39 is 0 Å². The number of oxazole rings is 1. The molecule has 0 amide bonds. The van der Waals surface area contributed by atoms with E-state index in [1.54, 1.807) is 16.8 Å². The lowest BCUT2D eigenvalue weighted by atomic mass is 10.6. The molecule has 0 atom stereocenters. The van der Waals surface area contributed by atoms with E-state index >= 15 is 0 Å². The highest BCUT2D eigenvalue weighted by atomic mass is 16.3. The maximum Gasteiger partial charge on any atom is 0.309 e. The van der Waals surface area contributed by atoms with Crippen molar-refractivity contribution in [2.45, 2.75) is 0 Å². The SMILES string of the molecule is O=c1ccn2ccoc2n1. The van der Waals surface area contributed by atoms with Crippen molar-refractivity contribution in [3.63, 3.8) is 0 Å². The van der Waals surface area contributed by atoms with Crippen molar-refractivity contribution in [1.29, 1.82) is 0 Å². The van der Waals surface area contributed by atoms with Crippen molar-refractivity contribution in [2.75, 3.05) is 0 Å². The fourth-order valence-electron chi connectivity index (χ4n) is 0.755. The summed E-state index contributed by atoms with van der Waals surface area (Å²) < 4.78 is 6.48. The molecule has 2 heterocycles. The lowest BCUT2D eigenvalue weighted by Crippen LogP contribution is -2.04. The second-order valence-electron chi connectivity index (χ2n) is 1.86. The maximum absolute atomic E-state index is 10.6. The standard InChI is InChI=1S/C6H4N2O2/c9-5-1-2-8-3-4-10-6(8)7-5/h1-4H. The zero-order valence-electron chi connectivity index (χ0n) is 5.02. The number of aromatic nitrogens is 2. The van der Waals surface area contributed by atoms with Crippen LogP contribution in [0.4, 0.5) is 0 Å². The quantitative estimate of drug-likeness (QED) is 0.522. The van der Waals surface area contributed by atoms with E-state index in [-0.39, 0.29) is 5.56 Å². The molecular weight excluding hydrogens is 132 g/mol. The Morgan fingerprint density at radius 3 is 3.30 bits per heavy atom. The Morgan fingerprint density at radius 2 is 2.40 bits per heavy atom. The first kappa shape index (κ1) is 5.22. The van der Waals surface area contributed by atoms with Crippen molar-refractivity contribution < 1.29 is 4.42 Å². The summed E-state index contributed by atoms with van der Waals surface area (Å²) in [5.41, 5.74) is -0.282. The zero-order chi connectivity index (χ0) is 6.97. The highest BCUT2D eigenvalue weighted by molar-refractivity contribution is 5.20. The van der Waals surface area contributed by atoms with Gasteiger partial charge in [0, 0.05) is 18.5 Å². The summed E-state index contributed by atoms with van der Waals surface area (Å²) in [4.78, 5) is 14.2. The molecule has 0 bridgehead atoms. The molecule has 0 unspecified atom stereocenters. The maximum atomic E-state index is 10.6. The molecule has 0 aliphatic carbocycles. The predicted octanol–water partition coefficient (Wildman–Crippen LogP) is 0.288. The number of nitrogens with zero attached hydrogens (tertiary/aromatic N) is 2. The molecule has 0 spiro atoms. The van der Waals surface area contributed by atoms with Crippen LogP contribution in [0.3, 0.4) is 0 Å². The third kappa shape index (κ3) is 0.621. The van der Waals surface area contributed by atoms with Crippen molar-refractivity contribution in [3.05, 3.63) is 35.1 Å². The van der Waals surface area contributed by atoms with Gasteiger partial charge in [-0.15, -0.1) is 0 Å². The summed E-state index contributed by atoms with van der Waals surface area (Å²) in [6.07, 6.45) is 4.76. The van der Waals surface area contributed by atoms with Crippen molar-refractivity contribution in [2.24, 2.45) is 0 Å². The second-order valence-corrected chi connectivity index (χ2v) is 1.86. The predicted molar refractivity (Wildman–Crippen MR) is 33.7 cm³/mol. The van der Waals surface area contributed by atoms with E-state index in [1.807, 2.05) is 0 Å². The molecule has 0 aromatic carbocycles. The smallest absolute Gasteiger partial charge is 0.309 e. The Morgan fingerprint density at radius 1 is 1.50 bits per heavy atom. The fourth-order valence-corrected chi connectivity index (χ4v) is 0.755. The lowest BCUT2D eigenvalue weighted by Gasteiger charge is -1.84. The molecule has 0 aliphatic heterocycles. The third-order valence-corrected chi connectivity index (χ3v) is 1.20. The Balaban J connectivity index is 2.99. The number of rotatable bonds is 0. The van der Waals surface area contributed by atoms with Crippen LogP contribution >= 0.6 is 0 Å². The van der Waals surface area contributed by atoms with Gasteiger partial charge in [0.2, 0.25) is 0 Å². The molecule has 0 N–H and O–H groups in total. The van der Waals surface area contributed by atoms with Crippen LogP contribution in [0.25, 0.3) is 5.84 Å². The highest BCUT2D eigenvalue weighted by Crippen LogP contribution is 1.94. The summed E-state index contributed by atoms with van der Waals surface area (Å²) in [7, 11) is 0. The minimum Gasteiger partial charge on any atom is -0.432 e. The molecule has 4 nitrogen and oxygen atoms in total. The molecule has 2 aromatic rings. The van der Waals surface area contributed by atoms with Gasteiger partial charge in [0.1, 0.15) is 6.26 Å². The molecule has 0 saturated carbocycles. The van der Waals surface area contributed by atoms with Gasteiger partial charge in [0.25, 0.3) is 5.56 Å². The first-order chi connectivity index (χ1) is 4.86.